The van der Waals surface area contributed by atoms with Crippen molar-refractivity contribution in [3.63, 3.8) is 0 Å². The highest BCUT2D eigenvalue weighted by molar-refractivity contribution is 6.00. The molecule has 44 heavy (non-hydrogen) atoms. The van der Waals surface area contributed by atoms with Crippen LogP contribution in [0.1, 0.15) is 43.6 Å². The molecule has 3 aromatic rings. The molecule has 0 radical (unpaired) electrons. The zero-order valence-corrected chi connectivity index (χ0v) is 25.1. The van der Waals surface area contributed by atoms with Crippen molar-refractivity contribution < 1.29 is 38.2 Å². The second-order valence-electron chi connectivity index (χ2n) is 10.3. The minimum atomic E-state index is -0.970. The number of fused-ring (bicyclic) bond motifs is 2. The minimum Gasteiger partial charge on any atom is -0.507 e. The van der Waals surface area contributed by atoms with Crippen LogP contribution in [-0.2, 0) is 25.5 Å². The van der Waals surface area contributed by atoms with E-state index in [9.17, 15) is 29.6 Å². The second-order valence-corrected chi connectivity index (χ2v) is 10.3. The van der Waals surface area contributed by atoms with E-state index in [0.717, 1.165) is 5.57 Å². The van der Waals surface area contributed by atoms with Gasteiger partial charge in [0.25, 0.3) is 5.69 Å². The number of allylic oxidation sites excluding steroid dienone is 3. The number of aryl methyl sites for hydroxylation is 1. The van der Waals surface area contributed by atoms with Gasteiger partial charge in [-0.05, 0) is 39.7 Å². The van der Waals surface area contributed by atoms with Crippen LogP contribution >= 0.6 is 0 Å². The first kappa shape index (κ1) is 31.5. The maximum Gasteiger partial charge on any atom is 0.336 e. The molecular formula is C32H32N2O10. The normalized spacial score (nSPS) is 14.7. The summed E-state index contributed by atoms with van der Waals surface area (Å²) in [4.78, 5) is 47.6. The average molecular weight is 605 g/mol. The summed E-state index contributed by atoms with van der Waals surface area (Å²) in [5, 5.41) is 24.9. The monoisotopic (exact) mass is 604 g/mol. The number of nitrogens with zero attached hydrogens (tertiary/aromatic N) is 1. The van der Waals surface area contributed by atoms with Crippen molar-refractivity contribution in [1.82, 2.24) is 5.32 Å². The van der Waals surface area contributed by atoms with Gasteiger partial charge in [-0.2, -0.15) is 0 Å². The van der Waals surface area contributed by atoms with Gasteiger partial charge in [0, 0.05) is 40.7 Å². The van der Waals surface area contributed by atoms with Gasteiger partial charge in [0.15, 0.2) is 5.43 Å². The molecule has 12 nitrogen and oxygen atoms in total. The average Bonchev–Trinajstić information content (AvgIpc) is 3.17. The molecule has 12 heteroatoms. The summed E-state index contributed by atoms with van der Waals surface area (Å²) in [5.41, 5.74) is 3.05. The molecule has 0 unspecified atom stereocenters. The lowest BCUT2D eigenvalue weighted by molar-refractivity contribution is -0.385. The van der Waals surface area contributed by atoms with Gasteiger partial charge in [-0.1, -0.05) is 24.3 Å². The molecule has 0 fully saturated rings. The first-order chi connectivity index (χ1) is 20.9. The number of nitrogens with one attached hydrogen (secondary N) is 1. The number of phenols is 1. The summed E-state index contributed by atoms with van der Waals surface area (Å²) in [5.74, 6) is -1.27. The molecule has 0 saturated carbocycles. The molecule has 1 aromatic heterocycles. The standard InChI is InChI=1S/C17H18N2O6.C15H14O4/c1-9-13(16(20)24-3)15(14(10(2)18-9)17(21)25-4)11-7-5-6-8-12(11)19(22)23;1-8-3-4-10-12(18-7-8)6-13-14(15(10)17)11(16)5-9(2)19-13/h5-8,15,18H,1-4H3;3,5-6,17H,4,7H2,1-2H3. The molecule has 2 aromatic carbocycles. The van der Waals surface area contributed by atoms with E-state index in [2.05, 4.69) is 5.32 Å². The number of nitro benzene ring substituents is 1. The van der Waals surface area contributed by atoms with Gasteiger partial charge in [0.2, 0.25) is 0 Å². The fourth-order valence-electron chi connectivity index (χ4n) is 5.26. The lowest BCUT2D eigenvalue weighted by Crippen LogP contribution is -2.32. The summed E-state index contributed by atoms with van der Waals surface area (Å²) in [6.07, 6.45) is 2.55. The van der Waals surface area contributed by atoms with E-state index in [-0.39, 0.29) is 39.0 Å². The van der Waals surface area contributed by atoms with E-state index in [1.54, 1.807) is 32.9 Å². The van der Waals surface area contributed by atoms with Crippen LogP contribution in [0.3, 0.4) is 0 Å². The Labute approximate surface area is 252 Å². The minimum absolute atomic E-state index is 0.0350. The summed E-state index contributed by atoms with van der Waals surface area (Å²) in [6.45, 7) is 7.44. The number of dihydropyridines is 1. The van der Waals surface area contributed by atoms with Crippen molar-refractivity contribution in [1.29, 1.82) is 0 Å². The first-order valence-corrected chi connectivity index (χ1v) is 13.6. The molecule has 3 heterocycles. The quantitative estimate of drug-likeness (QED) is 0.181. The van der Waals surface area contributed by atoms with Gasteiger partial charge in [0.1, 0.15) is 34.8 Å². The Morgan fingerprint density at radius 3 is 2.23 bits per heavy atom. The third-order valence-electron chi connectivity index (χ3n) is 7.31. The number of phenolic OH excluding ortho intramolecular Hbond substituents is 1. The lowest BCUT2D eigenvalue weighted by atomic mass is 9.79. The van der Waals surface area contributed by atoms with Crippen molar-refractivity contribution in [2.75, 3.05) is 20.8 Å². The fraction of sp³-hybridized carbons (Fsp3) is 0.281. The zero-order chi connectivity index (χ0) is 32.3. The Morgan fingerprint density at radius 1 is 1.02 bits per heavy atom. The molecule has 0 aliphatic carbocycles. The number of nitro groups is 1. The number of ether oxygens (including phenoxy) is 3. The van der Waals surface area contributed by atoms with E-state index in [4.69, 9.17) is 18.6 Å². The number of aromatic hydroxyl groups is 1. The van der Waals surface area contributed by atoms with E-state index < -0.39 is 22.8 Å². The molecule has 2 aliphatic rings. The number of carbonyl (C=O) groups is 2. The fourth-order valence-corrected chi connectivity index (χ4v) is 5.26. The van der Waals surface area contributed by atoms with Gasteiger partial charge >= 0.3 is 11.9 Å². The molecule has 230 valence electrons. The van der Waals surface area contributed by atoms with E-state index in [1.165, 1.54) is 38.5 Å². The summed E-state index contributed by atoms with van der Waals surface area (Å²) in [7, 11) is 2.42. The van der Waals surface area contributed by atoms with Gasteiger partial charge in [-0.15, -0.1) is 0 Å². The molecule has 2 aliphatic heterocycles. The van der Waals surface area contributed by atoms with Crippen molar-refractivity contribution in [3.05, 3.63) is 108 Å². The number of benzene rings is 2. The molecular weight excluding hydrogens is 572 g/mol. The third-order valence-corrected chi connectivity index (χ3v) is 7.31. The predicted molar refractivity (Wildman–Crippen MR) is 160 cm³/mol. The van der Waals surface area contributed by atoms with Gasteiger partial charge < -0.3 is 29.1 Å². The lowest BCUT2D eigenvalue weighted by Gasteiger charge is -2.29. The number of methoxy groups -OCH3 is 2. The van der Waals surface area contributed by atoms with Crippen molar-refractivity contribution in [3.8, 4) is 11.5 Å². The largest absolute Gasteiger partial charge is 0.507 e. The third kappa shape index (κ3) is 6.05. The van der Waals surface area contributed by atoms with Crippen LogP contribution < -0.4 is 15.5 Å². The molecule has 0 amide bonds. The summed E-state index contributed by atoms with van der Waals surface area (Å²) >= 11 is 0. The molecule has 2 N–H and O–H groups in total. The van der Waals surface area contributed by atoms with E-state index >= 15 is 0 Å². The van der Waals surface area contributed by atoms with Crippen LogP contribution in [0.25, 0.3) is 11.0 Å². The van der Waals surface area contributed by atoms with Gasteiger partial charge in [-0.25, -0.2) is 9.59 Å². The van der Waals surface area contributed by atoms with Crippen LogP contribution in [0, 0.1) is 17.0 Å². The SMILES string of the molecule is CC1=CCc2c(cc3oc(C)cc(=O)c3c2O)OC1.COC(=O)C1=C(C)NC(C)=C(C(=O)OC)C1c1ccccc1[N+](=O)[O-]. The molecule has 0 bridgehead atoms. The highest BCUT2D eigenvalue weighted by Gasteiger charge is 2.40. The Morgan fingerprint density at radius 2 is 1.64 bits per heavy atom. The van der Waals surface area contributed by atoms with Crippen LogP contribution in [0.4, 0.5) is 5.69 Å². The summed E-state index contributed by atoms with van der Waals surface area (Å²) < 4.78 is 20.8. The zero-order valence-electron chi connectivity index (χ0n) is 25.1. The molecule has 0 saturated heterocycles. The molecule has 5 rings (SSSR count). The Balaban J connectivity index is 0.000000208. The molecule has 0 spiro atoms. The Bertz CT molecular complexity index is 1790. The second kappa shape index (κ2) is 12.9. The van der Waals surface area contributed by atoms with Crippen molar-refractivity contribution >= 4 is 28.6 Å². The first-order valence-electron chi connectivity index (χ1n) is 13.6. The number of esters is 2. The number of hydrogen-bond donors (Lipinski definition) is 2. The molecule has 0 atom stereocenters. The van der Waals surface area contributed by atoms with E-state index in [0.29, 0.717) is 47.1 Å². The number of carbonyl (C=O) groups excluding carboxylic acids is 2. The van der Waals surface area contributed by atoms with Gasteiger partial charge in [-0.3, -0.25) is 14.9 Å². The maximum absolute atomic E-state index is 12.3. The van der Waals surface area contributed by atoms with Crippen molar-refractivity contribution in [2.45, 2.75) is 40.0 Å². The van der Waals surface area contributed by atoms with E-state index in [1.807, 2.05) is 13.0 Å². The topological polar surface area (TPSA) is 167 Å². The highest BCUT2D eigenvalue weighted by Crippen LogP contribution is 2.42. The van der Waals surface area contributed by atoms with Crippen LogP contribution in [-0.4, -0.2) is 42.8 Å². The number of hydrogen-bond acceptors (Lipinski definition) is 11. The van der Waals surface area contributed by atoms with Gasteiger partial charge in [0.05, 0.1) is 36.2 Å². The van der Waals surface area contributed by atoms with Crippen LogP contribution in [0.15, 0.2) is 79.8 Å². The number of para-hydroxylation sites is 1. The Hall–Kier alpha value is -5.39. The van der Waals surface area contributed by atoms with Crippen molar-refractivity contribution in [2.24, 2.45) is 0 Å². The number of rotatable bonds is 4. The maximum atomic E-state index is 12.3. The highest BCUT2D eigenvalue weighted by atomic mass is 16.6. The van der Waals surface area contributed by atoms with Crippen LogP contribution in [0.5, 0.6) is 11.5 Å². The Kier molecular flexibility index (Phi) is 9.22. The summed E-state index contributed by atoms with van der Waals surface area (Å²) in [6, 6.07) is 9.04. The predicted octanol–water partition coefficient (Wildman–Crippen LogP) is 4.86. The smallest absolute Gasteiger partial charge is 0.336 e. The van der Waals surface area contributed by atoms with Crippen LogP contribution in [0.2, 0.25) is 0 Å².